The molecule has 1 heterocycles. The normalized spacial score (nSPS) is 14.7. The van der Waals surface area contributed by atoms with Gasteiger partial charge in [-0.15, -0.1) is 5.10 Å². The molecule has 9 heteroatoms. The van der Waals surface area contributed by atoms with E-state index < -0.39 is 5.82 Å². The van der Waals surface area contributed by atoms with Crippen molar-refractivity contribution in [2.45, 2.75) is 20.0 Å². The zero-order valence-electron chi connectivity index (χ0n) is 13.1. The summed E-state index contributed by atoms with van der Waals surface area (Å²) in [6.07, 6.45) is 0.116. The molecule has 128 valence electrons. The predicted octanol–water partition coefficient (Wildman–Crippen LogP) is 1.19. The van der Waals surface area contributed by atoms with E-state index in [2.05, 4.69) is 10.6 Å². The van der Waals surface area contributed by atoms with Gasteiger partial charge in [-0.3, -0.25) is 0 Å². The van der Waals surface area contributed by atoms with E-state index in [1.54, 1.807) is 0 Å². The highest BCUT2D eigenvalue weighted by Crippen LogP contribution is 2.39. The number of nitrogens with one attached hydrogen (secondary N) is 1. The Morgan fingerprint density at radius 3 is 3.00 bits per heavy atom. The summed E-state index contributed by atoms with van der Waals surface area (Å²) in [7, 11) is 0. The van der Waals surface area contributed by atoms with Crippen molar-refractivity contribution in [3.05, 3.63) is 22.5 Å². The van der Waals surface area contributed by atoms with E-state index in [1.165, 1.54) is 6.07 Å². The van der Waals surface area contributed by atoms with Crippen LogP contribution in [0.5, 0.6) is 5.75 Å². The van der Waals surface area contributed by atoms with E-state index in [4.69, 9.17) is 32.7 Å². The Labute approximate surface area is 139 Å². The highest BCUT2D eigenvalue weighted by molar-refractivity contribution is 6.31. The molecular formula is C14H21ClFN5O2. The topological polar surface area (TPSA) is 98.1 Å². The number of halogens is 2. The first kappa shape index (κ1) is 17.6. The summed E-state index contributed by atoms with van der Waals surface area (Å²) in [6.45, 7) is 6.00. The second-order valence-corrected chi connectivity index (χ2v) is 5.68. The number of ether oxygens (including phenoxy) is 2. The molecule has 0 spiro atoms. The van der Waals surface area contributed by atoms with Crippen LogP contribution in [0.25, 0.3) is 0 Å². The maximum absolute atomic E-state index is 14.5. The highest BCUT2D eigenvalue weighted by atomic mass is 35.5. The number of fused-ring (bicyclic) bond motifs is 1. The van der Waals surface area contributed by atoms with Crippen LogP contribution in [0.4, 0.5) is 10.1 Å². The molecule has 1 aliphatic rings. The molecule has 0 aliphatic carbocycles. The molecule has 5 N–H and O–H groups in total. The quantitative estimate of drug-likeness (QED) is 0.310. The van der Waals surface area contributed by atoms with Gasteiger partial charge in [0.05, 0.1) is 35.5 Å². The number of nitrogens with zero attached hydrogens (tertiary/aromatic N) is 2. The lowest BCUT2D eigenvalue weighted by Crippen LogP contribution is -2.38. The van der Waals surface area contributed by atoms with Crippen molar-refractivity contribution in [3.63, 3.8) is 0 Å². The van der Waals surface area contributed by atoms with E-state index in [1.807, 2.05) is 18.7 Å². The minimum absolute atomic E-state index is 0.0645. The average molecular weight is 346 g/mol. The van der Waals surface area contributed by atoms with Gasteiger partial charge in [-0.1, -0.05) is 11.6 Å². The Hall–Kier alpha value is -1.77. The monoisotopic (exact) mass is 345 g/mol. The smallest absolute Gasteiger partial charge is 0.157 e. The van der Waals surface area contributed by atoms with Crippen molar-refractivity contribution in [2.24, 2.45) is 16.7 Å². The standard InChI is InChI=1S/C14H21ClFN5O2/c1-8(2)22-5-3-21-4-6-23-10-7-9(15)12(16)11(13(10)21)14(17)19-20-18/h7-8,20H,3-6,18H2,1-2H3,(H2,17,19). The summed E-state index contributed by atoms with van der Waals surface area (Å²) in [4.78, 5) is 1.94. The lowest BCUT2D eigenvalue weighted by Gasteiger charge is -2.33. The Bertz CT molecular complexity index is 597. The molecule has 0 aromatic heterocycles. The minimum atomic E-state index is -0.665. The van der Waals surface area contributed by atoms with Crippen molar-refractivity contribution >= 4 is 23.1 Å². The van der Waals surface area contributed by atoms with E-state index in [0.29, 0.717) is 37.7 Å². The lowest BCUT2D eigenvalue weighted by atomic mass is 10.1. The number of hydrazine groups is 1. The SMILES string of the molecule is CC(C)OCCN1CCOc2cc(Cl)c(F)c(/C(N)=N/NN)c21. The molecule has 7 nitrogen and oxygen atoms in total. The number of hydrazone groups is 1. The Kier molecular flexibility index (Phi) is 5.86. The van der Waals surface area contributed by atoms with Gasteiger partial charge in [0.2, 0.25) is 0 Å². The molecule has 0 radical (unpaired) electrons. The van der Waals surface area contributed by atoms with Gasteiger partial charge in [0, 0.05) is 12.6 Å². The summed E-state index contributed by atoms with van der Waals surface area (Å²) in [5.74, 6) is 4.83. The van der Waals surface area contributed by atoms with Crippen LogP contribution in [0, 0.1) is 5.82 Å². The first-order valence-electron chi connectivity index (χ1n) is 7.26. The number of benzene rings is 1. The van der Waals surface area contributed by atoms with Crippen LogP contribution in [0.1, 0.15) is 19.4 Å². The molecule has 1 aromatic rings. The molecule has 23 heavy (non-hydrogen) atoms. The zero-order chi connectivity index (χ0) is 17.0. The van der Waals surface area contributed by atoms with Gasteiger partial charge in [0.15, 0.2) is 11.7 Å². The van der Waals surface area contributed by atoms with Crippen molar-refractivity contribution in [2.75, 3.05) is 31.2 Å². The van der Waals surface area contributed by atoms with Gasteiger partial charge < -0.3 is 20.1 Å². The summed E-state index contributed by atoms with van der Waals surface area (Å²) in [6, 6.07) is 1.44. The number of hydrogen-bond donors (Lipinski definition) is 3. The maximum Gasteiger partial charge on any atom is 0.157 e. The Morgan fingerprint density at radius 1 is 1.61 bits per heavy atom. The summed E-state index contributed by atoms with van der Waals surface area (Å²) < 4.78 is 25.7. The van der Waals surface area contributed by atoms with Crippen LogP contribution in [-0.2, 0) is 4.74 Å². The lowest BCUT2D eigenvalue weighted by molar-refractivity contribution is 0.0832. The van der Waals surface area contributed by atoms with Gasteiger partial charge in [-0.05, 0) is 13.8 Å². The van der Waals surface area contributed by atoms with Crippen molar-refractivity contribution in [3.8, 4) is 5.75 Å². The fraction of sp³-hybridized carbons (Fsp3) is 0.500. The van der Waals surface area contributed by atoms with Crippen molar-refractivity contribution in [1.82, 2.24) is 5.53 Å². The molecule has 0 saturated heterocycles. The Balaban J connectivity index is 2.42. The van der Waals surface area contributed by atoms with Crippen LogP contribution >= 0.6 is 11.6 Å². The Morgan fingerprint density at radius 2 is 2.35 bits per heavy atom. The molecule has 0 fully saturated rings. The predicted molar refractivity (Wildman–Crippen MR) is 88.3 cm³/mol. The molecule has 2 rings (SSSR count). The third-order valence-electron chi connectivity index (χ3n) is 3.35. The molecule has 1 aliphatic heterocycles. The average Bonchev–Trinajstić information content (AvgIpc) is 2.48. The molecule has 1 aromatic carbocycles. The van der Waals surface area contributed by atoms with Gasteiger partial charge in [0.25, 0.3) is 0 Å². The van der Waals surface area contributed by atoms with Gasteiger partial charge >= 0.3 is 0 Å². The highest BCUT2D eigenvalue weighted by Gasteiger charge is 2.28. The van der Waals surface area contributed by atoms with E-state index >= 15 is 0 Å². The largest absolute Gasteiger partial charge is 0.489 e. The second kappa shape index (κ2) is 7.67. The molecule has 0 bridgehead atoms. The fourth-order valence-electron chi connectivity index (χ4n) is 2.38. The van der Waals surface area contributed by atoms with Crippen molar-refractivity contribution in [1.29, 1.82) is 0 Å². The summed E-state index contributed by atoms with van der Waals surface area (Å²) in [5.41, 5.74) is 8.46. The molecule has 0 amide bonds. The minimum Gasteiger partial charge on any atom is -0.489 e. The van der Waals surface area contributed by atoms with E-state index in [-0.39, 0.29) is 22.5 Å². The number of anilines is 1. The van der Waals surface area contributed by atoms with Crippen LogP contribution in [0.2, 0.25) is 5.02 Å². The maximum atomic E-state index is 14.5. The van der Waals surface area contributed by atoms with Crippen LogP contribution < -0.4 is 26.7 Å². The first-order valence-corrected chi connectivity index (χ1v) is 7.64. The zero-order valence-corrected chi connectivity index (χ0v) is 13.9. The second-order valence-electron chi connectivity index (χ2n) is 5.28. The third kappa shape index (κ3) is 3.95. The molecular weight excluding hydrogens is 325 g/mol. The number of rotatable bonds is 6. The number of nitrogens with two attached hydrogens (primary N) is 2. The van der Waals surface area contributed by atoms with Crippen LogP contribution in [0.15, 0.2) is 11.2 Å². The summed E-state index contributed by atoms with van der Waals surface area (Å²) >= 11 is 5.93. The number of hydrogen-bond acceptors (Lipinski definition) is 6. The molecule has 0 unspecified atom stereocenters. The van der Waals surface area contributed by atoms with Crippen LogP contribution in [0.3, 0.4) is 0 Å². The van der Waals surface area contributed by atoms with E-state index in [0.717, 1.165) is 0 Å². The number of amidine groups is 1. The van der Waals surface area contributed by atoms with Gasteiger partial charge in [-0.2, -0.15) is 0 Å². The van der Waals surface area contributed by atoms with Crippen LogP contribution in [-0.4, -0.2) is 38.2 Å². The van der Waals surface area contributed by atoms with Gasteiger partial charge in [-0.25, -0.2) is 15.8 Å². The van der Waals surface area contributed by atoms with E-state index in [9.17, 15) is 4.39 Å². The first-order chi connectivity index (χ1) is 11.0. The summed E-state index contributed by atoms with van der Waals surface area (Å²) in [5, 5.41) is 3.57. The van der Waals surface area contributed by atoms with Gasteiger partial charge in [0.1, 0.15) is 12.4 Å². The van der Waals surface area contributed by atoms with Crippen molar-refractivity contribution < 1.29 is 13.9 Å². The molecule has 0 atom stereocenters. The molecule has 0 saturated carbocycles. The fourth-order valence-corrected chi connectivity index (χ4v) is 2.57. The third-order valence-corrected chi connectivity index (χ3v) is 3.62.